The molecule has 9 nitrogen and oxygen atoms in total. The van der Waals surface area contributed by atoms with Crippen LogP contribution in [0.3, 0.4) is 0 Å². The van der Waals surface area contributed by atoms with Crippen molar-refractivity contribution in [3.63, 3.8) is 0 Å². The van der Waals surface area contributed by atoms with Crippen molar-refractivity contribution in [3.05, 3.63) is 23.3 Å². The van der Waals surface area contributed by atoms with Gasteiger partial charge in [0.1, 0.15) is 17.5 Å². The summed E-state index contributed by atoms with van der Waals surface area (Å²) in [6, 6.07) is 2.71. The molecular formula is C27H43BN2O7. The van der Waals surface area contributed by atoms with Gasteiger partial charge in [-0.15, -0.1) is 0 Å². The Kier molecular flexibility index (Phi) is 9.19. The van der Waals surface area contributed by atoms with E-state index < -0.39 is 42.8 Å². The van der Waals surface area contributed by atoms with Crippen LogP contribution in [0, 0.1) is 11.8 Å². The quantitative estimate of drug-likeness (QED) is 0.408. The van der Waals surface area contributed by atoms with Crippen molar-refractivity contribution in [3.8, 4) is 11.5 Å². The summed E-state index contributed by atoms with van der Waals surface area (Å²) in [5.74, 6) is 0.160. The molecule has 0 saturated carbocycles. The molecule has 2 amide bonds. The first-order chi connectivity index (χ1) is 17.3. The highest BCUT2D eigenvalue weighted by Crippen LogP contribution is 2.38. The van der Waals surface area contributed by atoms with E-state index in [4.69, 9.17) is 18.8 Å². The molecule has 0 aromatic heterocycles. The summed E-state index contributed by atoms with van der Waals surface area (Å²) in [5.41, 5.74) is 0.989. The summed E-state index contributed by atoms with van der Waals surface area (Å²) < 4.78 is 23.3. The van der Waals surface area contributed by atoms with Gasteiger partial charge in [0, 0.05) is 12.0 Å². The lowest BCUT2D eigenvalue weighted by Gasteiger charge is -2.32. The molecule has 1 aromatic rings. The molecule has 206 valence electrons. The number of aryl methyl sites for hydroxylation is 1. The molecule has 1 aliphatic heterocycles. The Morgan fingerprint density at radius 1 is 1.11 bits per heavy atom. The lowest BCUT2D eigenvalue weighted by atomic mass is 9.74. The summed E-state index contributed by atoms with van der Waals surface area (Å²) in [4.78, 5) is 26.4. The van der Waals surface area contributed by atoms with Crippen LogP contribution in [0.4, 0.5) is 0 Å². The highest BCUT2D eigenvalue weighted by atomic mass is 16.7. The molecule has 0 radical (unpaired) electrons. The van der Waals surface area contributed by atoms with Gasteiger partial charge >= 0.3 is 7.12 Å². The minimum absolute atomic E-state index is 0.266. The number of fused-ring (bicyclic) bond motifs is 1. The number of hydrogen-bond acceptors (Lipinski definition) is 7. The molecule has 1 aromatic carbocycles. The predicted octanol–water partition coefficient (Wildman–Crippen LogP) is 2.45. The highest BCUT2D eigenvalue weighted by Gasteiger charge is 2.54. The topological polar surface area (TPSA) is 115 Å². The number of carbonyl (C=O) groups excluding carboxylic acids is 2. The van der Waals surface area contributed by atoms with E-state index in [0.717, 1.165) is 11.1 Å². The van der Waals surface area contributed by atoms with E-state index in [1.54, 1.807) is 14.2 Å². The Labute approximate surface area is 221 Å². The third-order valence-electron chi connectivity index (χ3n) is 7.78. The normalized spacial score (nSPS) is 21.7. The standard InChI is InChI=1S/C27H43BN2O7/c1-16(2)11-23(28-36-26(3,4)27(5,6)37-28)30-25(33)21(15-31)29-24(32)18-10-9-17-12-19(34-7)14-22(35-8)20(17)13-18/h12,14,16,18,21,23,31H,9-11,13,15H2,1-8H3,(H,29,32)(H,30,33)/t18?,21-,23-/m0/s1. The molecule has 37 heavy (non-hydrogen) atoms. The molecule has 1 saturated heterocycles. The Hall–Kier alpha value is -2.30. The van der Waals surface area contributed by atoms with E-state index in [9.17, 15) is 14.7 Å². The van der Waals surface area contributed by atoms with E-state index in [2.05, 4.69) is 24.5 Å². The van der Waals surface area contributed by atoms with E-state index in [0.29, 0.717) is 37.2 Å². The SMILES string of the molecule is COc1cc2c(c(OC)c1)CC(C(=O)N[C@@H](CO)C(=O)N[C@@H](CC(C)C)B1OC(C)(C)C(C)(C)O1)CC2. The second-order valence-corrected chi connectivity index (χ2v) is 11.5. The van der Waals surface area contributed by atoms with Crippen LogP contribution in [0.1, 0.15) is 65.5 Å². The van der Waals surface area contributed by atoms with Crippen molar-refractivity contribution in [2.75, 3.05) is 20.8 Å². The van der Waals surface area contributed by atoms with Crippen LogP contribution in [-0.4, -0.2) is 68.1 Å². The molecule has 0 bridgehead atoms. The monoisotopic (exact) mass is 518 g/mol. The van der Waals surface area contributed by atoms with Crippen molar-refractivity contribution < 1.29 is 33.5 Å². The largest absolute Gasteiger partial charge is 0.497 e. The number of amides is 2. The number of aliphatic hydroxyl groups is 1. The van der Waals surface area contributed by atoms with Crippen molar-refractivity contribution in [2.45, 2.75) is 90.4 Å². The fraction of sp³-hybridized carbons (Fsp3) is 0.704. The molecule has 1 fully saturated rings. The summed E-state index contributed by atoms with van der Waals surface area (Å²) in [6.07, 6.45) is 2.42. The summed E-state index contributed by atoms with van der Waals surface area (Å²) in [5, 5.41) is 15.7. The summed E-state index contributed by atoms with van der Waals surface area (Å²) in [7, 11) is 2.57. The minimum Gasteiger partial charge on any atom is -0.497 e. The van der Waals surface area contributed by atoms with Crippen LogP contribution in [0.25, 0.3) is 0 Å². The number of ether oxygens (including phenoxy) is 2. The molecule has 2 aliphatic rings. The fourth-order valence-corrected chi connectivity index (χ4v) is 4.90. The number of carbonyl (C=O) groups is 2. The first kappa shape index (κ1) is 29.3. The number of hydrogen-bond donors (Lipinski definition) is 3. The van der Waals surface area contributed by atoms with Crippen molar-refractivity contribution in [2.24, 2.45) is 11.8 Å². The zero-order valence-electron chi connectivity index (χ0n) is 23.5. The van der Waals surface area contributed by atoms with Gasteiger partial charge in [-0.1, -0.05) is 13.8 Å². The van der Waals surface area contributed by atoms with Gasteiger partial charge in [-0.2, -0.15) is 0 Å². The van der Waals surface area contributed by atoms with Crippen LogP contribution < -0.4 is 20.1 Å². The number of nitrogens with one attached hydrogen (secondary N) is 2. The Morgan fingerprint density at radius 2 is 1.76 bits per heavy atom. The van der Waals surface area contributed by atoms with Crippen LogP contribution in [0.5, 0.6) is 11.5 Å². The van der Waals surface area contributed by atoms with E-state index >= 15 is 0 Å². The van der Waals surface area contributed by atoms with Gasteiger partial charge in [0.2, 0.25) is 11.8 Å². The third kappa shape index (κ3) is 6.59. The van der Waals surface area contributed by atoms with Crippen LogP contribution in [0.15, 0.2) is 12.1 Å². The Balaban J connectivity index is 1.68. The van der Waals surface area contributed by atoms with Crippen LogP contribution >= 0.6 is 0 Å². The predicted molar refractivity (Wildman–Crippen MR) is 142 cm³/mol. The van der Waals surface area contributed by atoms with Crippen LogP contribution in [0.2, 0.25) is 0 Å². The summed E-state index contributed by atoms with van der Waals surface area (Å²) in [6.45, 7) is 11.5. The second-order valence-electron chi connectivity index (χ2n) is 11.5. The molecule has 1 aliphatic carbocycles. The molecule has 10 heteroatoms. The van der Waals surface area contributed by atoms with Gasteiger partial charge in [0.15, 0.2) is 0 Å². The first-order valence-electron chi connectivity index (χ1n) is 13.1. The van der Waals surface area contributed by atoms with E-state index in [1.807, 2.05) is 39.8 Å². The average molecular weight is 518 g/mol. The molecule has 1 heterocycles. The average Bonchev–Trinajstić information content (AvgIpc) is 3.06. The smallest absolute Gasteiger partial charge is 0.481 e. The number of rotatable bonds is 10. The maximum absolute atomic E-state index is 13.2. The van der Waals surface area contributed by atoms with Gasteiger partial charge < -0.3 is 34.5 Å². The van der Waals surface area contributed by atoms with Crippen LogP contribution in [-0.2, 0) is 31.7 Å². The maximum Gasteiger partial charge on any atom is 0.481 e. The van der Waals surface area contributed by atoms with Crippen molar-refractivity contribution in [1.29, 1.82) is 0 Å². The number of methoxy groups -OCH3 is 2. The lowest BCUT2D eigenvalue weighted by Crippen LogP contribution is -2.56. The van der Waals surface area contributed by atoms with Crippen molar-refractivity contribution in [1.82, 2.24) is 10.6 Å². The summed E-state index contributed by atoms with van der Waals surface area (Å²) >= 11 is 0. The molecule has 1 unspecified atom stereocenters. The molecule has 3 N–H and O–H groups in total. The molecule has 0 spiro atoms. The highest BCUT2D eigenvalue weighted by molar-refractivity contribution is 6.48. The fourth-order valence-electron chi connectivity index (χ4n) is 4.90. The first-order valence-corrected chi connectivity index (χ1v) is 13.1. The van der Waals surface area contributed by atoms with E-state index in [1.165, 1.54) is 0 Å². The Morgan fingerprint density at radius 3 is 2.30 bits per heavy atom. The van der Waals surface area contributed by atoms with Gasteiger partial charge in [-0.25, -0.2) is 0 Å². The lowest BCUT2D eigenvalue weighted by molar-refractivity contribution is -0.132. The number of aliphatic hydroxyl groups excluding tert-OH is 1. The van der Waals surface area contributed by atoms with Gasteiger partial charge in [-0.05, 0) is 76.5 Å². The zero-order valence-corrected chi connectivity index (χ0v) is 23.5. The maximum atomic E-state index is 13.2. The van der Waals surface area contributed by atoms with Gasteiger partial charge in [-0.3, -0.25) is 9.59 Å². The van der Waals surface area contributed by atoms with E-state index in [-0.39, 0.29) is 17.7 Å². The zero-order chi connectivity index (χ0) is 27.5. The Bertz CT molecular complexity index is 948. The van der Waals surface area contributed by atoms with Crippen molar-refractivity contribution >= 4 is 18.9 Å². The third-order valence-corrected chi connectivity index (χ3v) is 7.78. The number of benzene rings is 1. The van der Waals surface area contributed by atoms with Gasteiger partial charge in [0.05, 0.1) is 38.0 Å². The molecule has 3 atom stereocenters. The second kappa shape index (κ2) is 11.6. The minimum atomic E-state index is -1.08. The molecular weight excluding hydrogens is 475 g/mol. The van der Waals surface area contributed by atoms with Gasteiger partial charge in [0.25, 0.3) is 0 Å². The molecule has 3 rings (SSSR count).